The van der Waals surface area contributed by atoms with E-state index in [2.05, 4.69) is 5.32 Å². The summed E-state index contributed by atoms with van der Waals surface area (Å²) in [7, 11) is 1.62. The van der Waals surface area contributed by atoms with E-state index < -0.39 is 5.97 Å². The van der Waals surface area contributed by atoms with Crippen LogP contribution in [0.15, 0.2) is 18.2 Å². The van der Waals surface area contributed by atoms with Gasteiger partial charge >= 0.3 is 5.97 Å². The predicted molar refractivity (Wildman–Crippen MR) is 69.0 cm³/mol. The highest BCUT2D eigenvalue weighted by molar-refractivity contribution is 6.30. The van der Waals surface area contributed by atoms with Gasteiger partial charge in [-0.05, 0) is 31.0 Å². The van der Waals surface area contributed by atoms with Gasteiger partial charge in [0.1, 0.15) is 5.75 Å². The summed E-state index contributed by atoms with van der Waals surface area (Å²) in [5.74, 6) is -0.0989. The standard InChI is InChI=1S/C13H16ClNO3/c1-18-12-3-2-10(14)4-9(12)7-15-11-5-8(6-11)13(16)17/h2-4,8,11,15H,5-7H2,1H3,(H,16,17). The van der Waals surface area contributed by atoms with Crippen molar-refractivity contribution in [1.29, 1.82) is 0 Å². The molecular formula is C13H16ClNO3. The van der Waals surface area contributed by atoms with Crippen molar-refractivity contribution in [2.75, 3.05) is 7.11 Å². The SMILES string of the molecule is COc1ccc(Cl)cc1CNC1CC(C(=O)O)C1. The number of halogens is 1. The van der Waals surface area contributed by atoms with E-state index in [9.17, 15) is 4.79 Å². The second-order valence-corrected chi connectivity index (χ2v) is 4.98. The Morgan fingerprint density at radius 1 is 1.56 bits per heavy atom. The summed E-state index contributed by atoms with van der Waals surface area (Å²) >= 11 is 5.94. The minimum atomic E-state index is -0.701. The van der Waals surface area contributed by atoms with Gasteiger partial charge in [0.15, 0.2) is 0 Å². The molecule has 5 heteroatoms. The molecule has 1 aromatic rings. The van der Waals surface area contributed by atoms with Crippen LogP contribution in [0.3, 0.4) is 0 Å². The van der Waals surface area contributed by atoms with Crippen LogP contribution in [0.4, 0.5) is 0 Å². The Labute approximate surface area is 111 Å². The fourth-order valence-electron chi connectivity index (χ4n) is 2.13. The number of ether oxygens (including phenoxy) is 1. The lowest BCUT2D eigenvalue weighted by Crippen LogP contribution is -2.43. The Bertz CT molecular complexity index is 444. The molecule has 1 fully saturated rings. The minimum Gasteiger partial charge on any atom is -0.496 e. The van der Waals surface area contributed by atoms with Crippen LogP contribution in [0, 0.1) is 5.92 Å². The molecule has 0 bridgehead atoms. The molecule has 0 amide bonds. The van der Waals surface area contributed by atoms with Gasteiger partial charge in [-0.2, -0.15) is 0 Å². The average Bonchev–Trinajstić information content (AvgIpc) is 2.26. The molecule has 1 aliphatic rings. The molecule has 1 saturated carbocycles. The third kappa shape index (κ3) is 2.94. The van der Waals surface area contributed by atoms with Crippen LogP contribution in [0.1, 0.15) is 18.4 Å². The first-order chi connectivity index (χ1) is 8.60. The summed E-state index contributed by atoms with van der Waals surface area (Å²) < 4.78 is 5.25. The molecule has 4 nitrogen and oxygen atoms in total. The van der Waals surface area contributed by atoms with Crippen molar-refractivity contribution in [2.24, 2.45) is 5.92 Å². The number of methoxy groups -OCH3 is 1. The van der Waals surface area contributed by atoms with E-state index in [0.717, 1.165) is 11.3 Å². The topological polar surface area (TPSA) is 58.6 Å². The Hall–Kier alpha value is -1.26. The zero-order valence-corrected chi connectivity index (χ0v) is 10.9. The van der Waals surface area contributed by atoms with Gasteiger partial charge < -0.3 is 15.2 Å². The molecule has 0 saturated heterocycles. The van der Waals surface area contributed by atoms with Crippen molar-refractivity contribution in [1.82, 2.24) is 5.32 Å². The fraction of sp³-hybridized carbons (Fsp3) is 0.462. The highest BCUT2D eigenvalue weighted by atomic mass is 35.5. The molecule has 1 aromatic carbocycles. The van der Waals surface area contributed by atoms with E-state index in [-0.39, 0.29) is 12.0 Å². The number of hydrogen-bond donors (Lipinski definition) is 2. The number of carboxylic acids is 1. The summed E-state index contributed by atoms with van der Waals surface area (Å²) in [6, 6.07) is 5.75. The first-order valence-electron chi connectivity index (χ1n) is 5.88. The molecule has 2 rings (SSSR count). The number of benzene rings is 1. The van der Waals surface area contributed by atoms with Gasteiger partial charge in [0.25, 0.3) is 0 Å². The maximum absolute atomic E-state index is 10.7. The van der Waals surface area contributed by atoms with E-state index in [0.29, 0.717) is 24.4 Å². The molecule has 98 valence electrons. The quantitative estimate of drug-likeness (QED) is 0.861. The highest BCUT2D eigenvalue weighted by Gasteiger charge is 2.33. The minimum absolute atomic E-state index is 0.191. The third-order valence-corrected chi connectivity index (χ3v) is 3.55. The lowest BCUT2D eigenvalue weighted by molar-refractivity contribution is -0.145. The largest absolute Gasteiger partial charge is 0.496 e. The average molecular weight is 270 g/mol. The maximum atomic E-state index is 10.7. The van der Waals surface area contributed by atoms with Gasteiger partial charge in [-0.3, -0.25) is 4.79 Å². The van der Waals surface area contributed by atoms with E-state index >= 15 is 0 Å². The Morgan fingerprint density at radius 2 is 2.28 bits per heavy atom. The molecule has 2 N–H and O–H groups in total. The van der Waals surface area contributed by atoms with Crippen molar-refractivity contribution < 1.29 is 14.6 Å². The number of carboxylic acid groups (broad SMARTS) is 1. The number of hydrogen-bond acceptors (Lipinski definition) is 3. The van der Waals surface area contributed by atoms with Gasteiger partial charge in [0, 0.05) is 23.2 Å². The lowest BCUT2D eigenvalue weighted by Gasteiger charge is -2.33. The maximum Gasteiger partial charge on any atom is 0.306 e. The summed E-state index contributed by atoms with van der Waals surface area (Å²) in [6.07, 6.45) is 1.39. The zero-order valence-electron chi connectivity index (χ0n) is 10.1. The van der Waals surface area contributed by atoms with Gasteiger partial charge in [-0.25, -0.2) is 0 Å². The molecule has 0 unspecified atom stereocenters. The number of carbonyl (C=O) groups is 1. The Balaban J connectivity index is 1.87. The molecule has 0 radical (unpaired) electrons. The number of nitrogens with one attached hydrogen (secondary N) is 1. The molecule has 1 aliphatic carbocycles. The molecule has 18 heavy (non-hydrogen) atoms. The Morgan fingerprint density at radius 3 is 2.89 bits per heavy atom. The van der Waals surface area contributed by atoms with Gasteiger partial charge in [0.05, 0.1) is 13.0 Å². The fourth-order valence-corrected chi connectivity index (χ4v) is 2.32. The highest BCUT2D eigenvalue weighted by Crippen LogP contribution is 2.29. The summed E-state index contributed by atoms with van der Waals surface area (Å²) in [5.41, 5.74) is 0.990. The zero-order chi connectivity index (χ0) is 13.1. The van der Waals surface area contributed by atoms with Gasteiger partial charge in [-0.1, -0.05) is 11.6 Å². The van der Waals surface area contributed by atoms with Crippen molar-refractivity contribution in [3.63, 3.8) is 0 Å². The van der Waals surface area contributed by atoms with E-state index in [1.807, 2.05) is 12.1 Å². The van der Waals surface area contributed by atoms with Crippen LogP contribution in [0.2, 0.25) is 5.02 Å². The van der Waals surface area contributed by atoms with Crippen molar-refractivity contribution in [3.8, 4) is 5.75 Å². The normalized spacial score (nSPS) is 22.3. The van der Waals surface area contributed by atoms with Crippen molar-refractivity contribution in [2.45, 2.75) is 25.4 Å². The third-order valence-electron chi connectivity index (χ3n) is 3.31. The molecule has 0 aliphatic heterocycles. The Kier molecular flexibility index (Phi) is 4.09. The van der Waals surface area contributed by atoms with Crippen LogP contribution < -0.4 is 10.1 Å². The van der Waals surface area contributed by atoms with Crippen molar-refractivity contribution >= 4 is 17.6 Å². The van der Waals surface area contributed by atoms with Crippen LogP contribution in [0.5, 0.6) is 5.75 Å². The lowest BCUT2D eigenvalue weighted by atomic mass is 9.80. The van der Waals surface area contributed by atoms with Crippen LogP contribution in [-0.2, 0) is 11.3 Å². The smallest absolute Gasteiger partial charge is 0.306 e. The molecule has 0 spiro atoms. The second-order valence-electron chi connectivity index (χ2n) is 4.54. The first kappa shape index (κ1) is 13.2. The van der Waals surface area contributed by atoms with E-state index in [1.54, 1.807) is 13.2 Å². The van der Waals surface area contributed by atoms with Gasteiger partial charge in [0.2, 0.25) is 0 Å². The summed E-state index contributed by atoms with van der Waals surface area (Å²) in [4.78, 5) is 10.7. The molecule has 0 aromatic heterocycles. The predicted octanol–water partition coefficient (Wildman–Crippen LogP) is 2.30. The monoisotopic (exact) mass is 269 g/mol. The number of aliphatic carboxylic acids is 1. The van der Waals surface area contributed by atoms with E-state index in [4.69, 9.17) is 21.4 Å². The molecule has 0 heterocycles. The van der Waals surface area contributed by atoms with Gasteiger partial charge in [-0.15, -0.1) is 0 Å². The summed E-state index contributed by atoms with van der Waals surface area (Å²) in [6.45, 7) is 0.640. The molecule has 0 atom stereocenters. The van der Waals surface area contributed by atoms with E-state index in [1.165, 1.54) is 0 Å². The number of rotatable bonds is 5. The van der Waals surface area contributed by atoms with Crippen LogP contribution >= 0.6 is 11.6 Å². The van der Waals surface area contributed by atoms with Crippen molar-refractivity contribution in [3.05, 3.63) is 28.8 Å². The summed E-state index contributed by atoms with van der Waals surface area (Å²) in [5, 5.41) is 12.8. The van der Waals surface area contributed by atoms with Crippen LogP contribution in [-0.4, -0.2) is 24.2 Å². The first-order valence-corrected chi connectivity index (χ1v) is 6.26. The molecular weight excluding hydrogens is 254 g/mol. The van der Waals surface area contributed by atoms with Crippen LogP contribution in [0.25, 0.3) is 0 Å². The second kappa shape index (κ2) is 5.59.